The van der Waals surface area contributed by atoms with Crippen molar-refractivity contribution in [1.29, 1.82) is 0 Å². The van der Waals surface area contributed by atoms with Gasteiger partial charge in [0.05, 0.1) is 0 Å². The number of rotatable bonds is 4. The smallest absolute Gasteiger partial charge is 0.238 e. The van der Waals surface area contributed by atoms with Gasteiger partial charge < -0.3 is 4.90 Å². The number of hydrogen-bond donors (Lipinski definition) is 0. The molecule has 56 valence electrons. The molecule has 0 heterocycles. The van der Waals surface area contributed by atoms with E-state index in [9.17, 15) is 8.78 Å². The van der Waals surface area contributed by atoms with Crippen LogP contribution < -0.4 is 0 Å². The van der Waals surface area contributed by atoms with Crippen molar-refractivity contribution in [3.63, 3.8) is 0 Å². The van der Waals surface area contributed by atoms with E-state index < -0.39 is 6.43 Å². The Hall–Kier alpha value is -0.180. The molecular weight excluding hydrogens is 124 g/mol. The largest absolute Gasteiger partial charge is 0.309 e. The second kappa shape index (κ2) is 4.68. The van der Waals surface area contributed by atoms with Crippen molar-refractivity contribution in [1.82, 2.24) is 4.90 Å². The molecule has 0 unspecified atom stereocenters. The van der Waals surface area contributed by atoms with Gasteiger partial charge in [-0.2, -0.15) is 0 Å². The van der Waals surface area contributed by atoms with Crippen LogP contribution in [0, 0.1) is 0 Å². The average Bonchev–Trinajstić information content (AvgIpc) is 1.63. The Morgan fingerprint density at radius 1 is 1.33 bits per heavy atom. The third-order valence-corrected chi connectivity index (χ3v) is 1.03. The molecule has 0 atom stereocenters. The minimum atomic E-state index is -2.13. The van der Waals surface area contributed by atoms with E-state index in [0.717, 1.165) is 6.54 Å². The molecule has 0 N–H and O–H groups in total. The van der Waals surface area contributed by atoms with Gasteiger partial charge in [-0.15, -0.1) is 0 Å². The normalized spacial score (nSPS) is 11.3. The van der Waals surface area contributed by atoms with Crippen LogP contribution >= 0.6 is 0 Å². The topological polar surface area (TPSA) is 3.24 Å². The molecule has 0 fully saturated rings. The summed E-state index contributed by atoms with van der Waals surface area (Å²) in [4.78, 5) is 1.91. The molecule has 1 nitrogen and oxygen atoms in total. The predicted octanol–water partition coefficient (Wildman–Crippen LogP) is 1.59. The Kier molecular flexibility index (Phi) is 4.58. The highest BCUT2D eigenvalue weighted by molar-refractivity contribution is 4.45. The van der Waals surface area contributed by atoms with Crippen LogP contribution in [0.1, 0.15) is 12.8 Å². The first-order valence-electron chi connectivity index (χ1n) is 3.06. The van der Waals surface area contributed by atoms with E-state index in [-0.39, 0.29) is 6.42 Å². The lowest BCUT2D eigenvalue weighted by Gasteiger charge is -2.07. The van der Waals surface area contributed by atoms with E-state index >= 15 is 0 Å². The molecule has 0 aliphatic carbocycles. The summed E-state index contributed by atoms with van der Waals surface area (Å²) in [5, 5.41) is 0. The SMILES string of the molecule is CN(C)CCCC(F)F. The van der Waals surface area contributed by atoms with Gasteiger partial charge in [0.15, 0.2) is 0 Å². The number of alkyl halides is 2. The zero-order valence-electron chi connectivity index (χ0n) is 5.90. The second-order valence-electron chi connectivity index (χ2n) is 2.34. The predicted molar refractivity (Wildman–Crippen MR) is 33.8 cm³/mol. The maximum Gasteiger partial charge on any atom is 0.238 e. The molecule has 3 heteroatoms. The van der Waals surface area contributed by atoms with Crippen molar-refractivity contribution >= 4 is 0 Å². The minimum Gasteiger partial charge on any atom is -0.309 e. The Labute approximate surface area is 54.7 Å². The lowest BCUT2D eigenvalue weighted by Crippen LogP contribution is -2.13. The number of nitrogens with zero attached hydrogens (tertiary/aromatic N) is 1. The lowest BCUT2D eigenvalue weighted by atomic mass is 10.3. The van der Waals surface area contributed by atoms with E-state index in [1.807, 2.05) is 19.0 Å². The maximum absolute atomic E-state index is 11.5. The van der Waals surface area contributed by atoms with Crippen LogP contribution in [0.25, 0.3) is 0 Å². The van der Waals surface area contributed by atoms with Crippen LogP contribution in [0.2, 0.25) is 0 Å². The van der Waals surface area contributed by atoms with Gasteiger partial charge in [0, 0.05) is 6.42 Å². The van der Waals surface area contributed by atoms with E-state index in [0.29, 0.717) is 6.42 Å². The molecule has 0 aromatic heterocycles. The molecule has 0 amide bonds. The summed E-state index contributed by atoms with van der Waals surface area (Å²) in [6, 6.07) is 0. The van der Waals surface area contributed by atoms with Gasteiger partial charge in [0.25, 0.3) is 0 Å². The van der Waals surface area contributed by atoms with Crippen molar-refractivity contribution in [3.05, 3.63) is 0 Å². The van der Waals surface area contributed by atoms with Crippen molar-refractivity contribution in [2.75, 3.05) is 20.6 Å². The van der Waals surface area contributed by atoms with E-state index in [2.05, 4.69) is 0 Å². The van der Waals surface area contributed by atoms with Crippen LogP contribution in [-0.4, -0.2) is 32.0 Å². The van der Waals surface area contributed by atoms with Gasteiger partial charge in [-0.3, -0.25) is 0 Å². The van der Waals surface area contributed by atoms with Crippen LogP contribution in [0.4, 0.5) is 8.78 Å². The quantitative estimate of drug-likeness (QED) is 0.568. The van der Waals surface area contributed by atoms with Gasteiger partial charge >= 0.3 is 0 Å². The van der Waals surface area contributed by atoms with Crippen LogP contribution in [0.3, 0.4) is 0 Å². The molecule has 0 spiro atoms. The summed E-state index contributed by atoms with van der Waals surface area (Å²) >= 11 is 0. The molecule has 0 saturated heterocycles. The van der Waals surface area contributed by atoms with Gasteiger partial charge in [0.2, 0.25) is 6.43 Å². The molecule has 0 bridgehead atoms. The average molecular weight is 137 g/mol. The number of halogens is 2. The fourth-order valence-corrected chi connectivity index (χ4v) is 0.562. The summed E-state index contributed by atoms with van der Waals surface area (Å²) in [5.41, 5.74) is 0. The van der Waals surface area contributed by atoms with Crippen LogP contribution in [0.5, 0.6) is 0 Å². The van der Waals surface area contributed by atoms with Crippen molar-refractivity contribution in [3.8, 4) is 0 Å². The highest BCUT2D eigenvalue weighted by atomic mass is 19.3. The summed E-state index contributed by atoms with van der Waals surface area (Å²) < 4.78 is 22.9. The van der Waals surface area contributed by atoms with Gasteiger partial charge in [-0.1, -0.05) is 0 Å². The van der Waals surface area contributed by atoms with Gasteiger partial charge in [0.1, 0.15) is 0 Å². The second-order valence-corrected chi connectivity index (χ2v) is 2.34. The van der Waals surface area contributed by atoms with E-state index in [4.69, 9.17) is 0 Å². The third kappa shape index (κ3) is 7.82. The summed E-state index contributed by atoms with van der Waals surface area (Å²) in [6.07, 6.45) is -1.52. The fraction of sp³-hybridized carbons (Fsp3) is 1.00. The van der Waals surface area contributed by atoms with Crippen molar-refractivity contribution in [2.45, 2.75) is 19.3 Å². The Morgan fingerprint density at radius 2 is 1.89 bits per heavy atom. The molecule has 0 radical (unpaired) electrons. The van der Waals surface area contributed by atoms with E-state index in [1.165, 1.54) is 0 Å². The summed E-state index contributed by atoms with van der Waals surface area (Å²) in [5.74, 6) is 0. The van der Waals surface area contributed by atoms with Crippen LogP contribution in [-0.2, 0) is 0 Å². The molecule has 0 aliphatic heterocycles. The number of hydrogen-bond acceptors (Lipinski definition) is 1. The highest BCUT2D eigenvalue weighted by Gasteiger charge is 2.00. The molecule has 0 aromatic rings. The van der Waals surface area contributed by atoms with Crippen molar-refractivity contribution < 1.29 is 8.78 Å². The molecule has 0 saturated carbocycles. The maximum atomic E-state index is 11.5. The van der Waals surface area contributed by atoms with E-state index in [1.54, 1.807) is 0 Å². The fourth-order valence-electron chi connectivity index (χ4n) is 0.562. The first-order valence-corrected chi connectivity index (χ1v) is 3.06. The molecule has 0 aromatic carbocycles. The molecular formula is C6H13F2N. The zero-order chi connectivity index (χ0) is 7.28. The first kappa shape index (κ1) is 8.82. The standard InChI is InChI=1S/C6H13F2N/c1-9(2)5-3-4-6(7)8/h6H,3-5H2,1-2H3. The molecule has 0 rings (SSSR count). The first-order chi connectivity index (χ1) is 4.13. The van der Waals surface area contributed by atoms with Gasteiger partial charge in [-0.25, -0.2) is 8.78 Å². The summed E-state index contributed by atoms with van der Waals surface area (Å²) in [7, 11) is 3.76. The Balaban J connectivity index is 2.91. The van der Waals surface area contributed by atoms with Gasteiger partial charge in [-0.05, 0) is 27.1 Å². The van der Waals surface area contributed by atoms with Crippen LogP contribution in [0.15, 0.2) is 0 Å². The Bertz CT molecular complexity index is 56.1. The molecule has 0 aliphatic rings. The Morgan fingerprint density at radius 3 is 2.22 bits per heavy atom. The zero-order valence-corrected chi connectivity index (χ0v) is 5.90. The molecule has 9 heavy (non-hydrogen) atoms. The highest BCUT2D eigenvalue weighted by Crippen LogP contribution is 2.02. The third-order valence-electron chi connectivity index (χ3n) is 1.03. The monoisotopic (exact) mass is 137 g/mol. The lowest BCUT2D eigenvalue weighted by molar-refractivity contribution is 0.131. The summed E-state index contributed by atoms with van der Waals surface area (Å²) in [6.45, 7) is 0.754. The van der Waals surface area contributed by atoms with Crippen molar-refractivity contribution in [2.24, 2.45) is 0 Å². The minimum absolute atomic E-state index is 0.0260.